The molecule has 0 unspecified atom stereocenters. The van der Waals surface area contributed by atoms with E-state index in [2.05, 4.69) is 48.4 Å². The zero-order valence-electron chi connectivity index (χ0n) is 10.0. The van der Waals surface area contributed by atoms with E-state index in [9.17, 15) is 0 Å². The SMILES string of the molecule is CN=C(N)NCc1ccc(C(C)C)cc1.I. The molecule has 0 saturated carbocycles. The molecule has 1 aromatic carbocycles. The molecule has 0 spiro atoms. The summed E-state index contributed by atoms with van der Waals surface area (Å²) in [5.41, 5.74) is 8.11. The molecule has 3 N–H and O–H groups in total. The first kappa shape index (κ1) is 15.2. The Bertz CT molecular complexity index is 331. The van der Waals surface area contributed by atoms with Crippen LogP contribution >= 0.6 is 24.0 Å². The van der Waals surface area contributed by atoms with Gasteiger partial charge in [-0.15, -0.1) is 24.0 Å². The molecule has 0 fully saturated rings. The molecule has 1 aromatic rings. The maximum Gasteiger partial charge on any atom is 0.188 e. The number of benzene rings is 1. The smallest absolute Gasteiger partial charge is 0.188 e. The highest BCUT2D eigenvalue weighted by molar-refractivity contribution is 14.0. The van der Waals surface area contributed by atoms with Gasteiger partial charge in [-0.05, 0) is 17.0 Å². The molecule has 0 amide bonds. The van der Waals surface area contributed by atoms with Gasteiger partial charge in [0.05, 0.1) is 0 Å². The zero-order chi connectivity index (χ0) is 11.3. The first-order valence-corrected chi connectivity index (χ1v) is 5.18. The minimum absolute atomic E-state index is 0. The van der Waals surface area contributed by atoms with E-state index in [1.165, 1.54) is 11.1 Å². The number of hydrogen-bond donors (Lipinski definition) is 2. The van der Waals surface area contributed by atoms with E-state index < -0.39 is 0 Å². The van der Waals surface area contributed by atoms with Crippen LogP contribution in [0, 0.1) is 0 Å². The standard InChI is InChI=1S/C12H19N3.HI/c1-9(2)11-6-4-10(5-7-11)8-15-12(13)14-3;/h4-7,9H,8H2,1-3H3,(H3,13,14,15);1H. The summed E-state index contributed by atoms with van der Waals surface area (Å²) in [5, 5.41) is 3.03. The molecular weight excluding hydrogens is 313 g/mol. The molecule has 3 nitrogen and oxygen atoms in total. The van der Waals surface area contributed by atoms with Gasteiger partial charge in [-0.3, -0.25) is 4.99 Å². The number of nitrogens with zero attached hydrogens (tertiary/aromatic N) is 1. The quantitative estimate of drug-likeness (QED) is 0.507. The second-order valence-corrected chi connectivity index (χ2v) is 3.86. The van der Waals surface area contributed by atoms with Crippen molar-refractivity contribution < 1.29 is 0 Å². The summed E-state index contributed by atoms with van der Waals surface area (Å²) in [5.74, 6) is 1.05. The van der Waals surface area contributed by atoms with Crippen molar-refractivity contribution in [1.82, 2.24) is 5.32 Å². The average molecular weight is 333 g/mol. The first-order chi connectivity index (χ1) is 7.13. The third-order valence-electron chi connectivity index (χ3n) is 2.36. The molecule has 1 rings (SSSR count). The number of halogens is 1. The van der Waals surface area contributed by atoms with E-state index in [0.717, 1.165) is 6.54 Å². The van der Waals surface area contributed by atoms with Crippen LogP contribution in [0.25, 0.3) is 0 Å². The fourth-order valence-corrected chi connectivity index (χ4v) is 1.29. The van der Waals surface area contributed by atoms with Crippen LogP contribution in [0.5, 0.6) is 0 Å². The Labute approximate surface area is 115 Å². The molecule has 0 aliphatic carbocycles. The molecule has 16 heavy (non-hydrogen) atoms. The van der Waals surface area contributed by atoms with Crippen LogP contribution < -0.4 is 11.1 Å². The van der Waals surface area contributed by atoms with E-state index in [-0.39, 0.29) is 24.0 Å². The van der Waals surface area contributed by atoms with E-state index in [4.69, 9.17) is 5.73 Å². The molecule has 0 atom stereocenters. The van der Waals surface area contributed by atoms with Crippen LogP contribution in [0.15, 0.2) is 29.3 Å². The van der Waals surface area contributed by atoms with Crippen molar-refractivity contribution in [2.24, 2.45) is 10.7 Å². The van der Waals surface area contributed by atoms with E-state index in [0.29, 0.717) is 11.9 Å². The first-order valence-electron chi connectivity index (χ1n) is 5.18. The third kappa shape index (κ3) is 4.83. The molecule has 0 aliphatic rings. The highest BCUT2D eigenvalue weighted by Gasteiger charge is 1.98. The Kier molecular flexibility index (Phi) is 7.12. The third-order valence-corrected chi connectivity index (χ3v) is 2.36. The number of aliphatic imine (C=N–C) groups is 1. The summed E-state index contributed by atoms with van der Waals surface area (Å²) in [7, 11) is 1.67. The lowest BCUT2D eigenvalue weighted by molar-refractivity contribution is 0.858. The van der Waals surface area contributed by atoms with E-state index in [1.54, 1.807) is 7.05 Å². The number of hydrogen-bond acceptors (Lipinski definition) is 1. The van der Waals surface area contributed by atoms with Gasteiger partial charge in [0.2, 0.25) is 0 Å². The van der Waals surface area contributed by atoms with Crippen LogP contribution in [0.1, 0.15) is 30.9 Å². The lowest BCUT2D eigenvalue weighted by atomic mass is 10.0. The van der Waals surface area contributed by atoms with Crippen molar-refractivity contribution in [2.75, 3.05) is 7.05 Å². The number of nitrogens with one attached hydrogen (secondary N) is 1. The topological polar surface area (TPSA) is 50.4 Å². The van der Waals surface area contributed by atoms with Crippen molar-refractivity contribution in [3.63, 3.8) is 0 Å². The summed E-state index contributed by atoms with van der Waals surface area (Å²) in [6.07, 6.45) is 0. The summed E-state index contributed by atoms with van der Waals surface area (Å²) >= 11 is 0. The van der Waals surface area contributed by atoms with Crippen LogP contribution in [0.3, 0.4) is 0 Å². The summed E-state index contributed by atoms with van der Waals surface area (Å²) < 4.78 is 0. The van der Waals surface area contributed by atoms with Gasteiger partial charge in [0, 0.05) is 13.6 Å². The summed E-state index contributed by atoms with van der Waals surface area (Å²) in [6.45, 7) is 5.10. The van der Waals surface area contributed by atoms with E-state index >= 15 is 0 Å². The molecule has 0 aliphatic heterocycles. The summed E-state index contributed by atoms with van der Waals surface area (Å²) in [6, 6.07) is 8.54. The Morgan fingerprint density at radius 3 is 2.31 bits per heavy atom. The second kappa shape index (κ2) is 7.49. The second-order valence-electron chi connectivity index (χ2n) is 3.86. The van der Waals surface area contributed by atoms with Crippen molar-refractivity contribution >= 4 is 29.9 Å². The maximum absolute atomic E-state index is 5.54. The van der Waals surface area contributed by atoms with Crippen LogP contribution in [-0.2, 0) is 6.54 Å². The number of rotatable bonds is 3. The lowest BCUT2D eigenvalue weighted by Gasteiger charge is -2.08. The molecule has 90 valence electrons. The Balaban J connectivity index is 0.00000225. The Morgan fingerprint density at radius 2 is 1.88 bits per heavy atom. The van der Waals surface area contributed by atoms with Crippen LogP contribution in [0.4, 0.5) is 0 Å². The molecule has 0 radical (unpaired) electrons. The van der Waals surface area contributed by atoms with E-state index in [1.807, 2.05) is 0 Å². The van der Waals surface area contributed by atoms with Crippen molar-refractivity contribution in [3.05, 3.63) is 35.4 Å². The molecule has 0 aromatic heterocycles. The van der Waals surface area contributed by atoms with Crippen molar-refractivity contribution in [3.8, 4) is 0 Å². The minimum atomic E-state index is 0. The minimum Gasteiger partial charge on any atom is -0.370 e. The van der Waals surface area contributed by atoms with Crippen LogP contribution in [0.2, 0.25) is 0 Å². The van der Waals surface area contributed by atoms with Gasteiger partial charge < -0.3 is 11.1 Å². The van der Waals surface area contributed by atoms with Gasteiger partial charge in [0.1, 0.15) is 0 Å². The predicted molar refractivity (Wildman–Crippen MR) is 80.3 cm³/mol. The molecule has 4 heteroatoms. The fraction of sp³-hybridized carbons (Fsp3) is 0.417. The molecular formula is C12H20IN3. The number of guanidine groups is 1. The van der Waals surface area contributed by atoms with Gasteiger partial charge in [-0.1, -0.05) is 38.1 Å². The number of nitrogens with two attached hydrogens (primary N) is 1. The van der Waals surface area contributed by atoms with Gasteiger partial charge >= 0.3 is 0 Å². The van der Waals surface area contributed by atoms with Gasteiger partial charge in [0.25, 0.3) is 0 Å². The lowest BCUT2D eigenvalue weighted by Crippen LogP contribution is -2.30. The molecule has 0 bridgehead atoms. The Morgan fingerprint density at radius 1 is 1.31 bits per heavy atom. The normalized spacial score (nSPS) is 11.1. The van der Waals surface area contributed by atoms with Gasteiger partial charge in [-0.2, -0.15) is 0 Å². The van der Waals surface area contributed by atoms with Gasteiger partial charge in [-0.25, -0.2) is 0 Å². The molecule has 0 saturated heterocycles. The average Bonchev–Trinajstić information content (AvgIpc) is 2.26. The largest absolute Gasteiger partial charge is 0.370 e. The highest BCUT2D eigenvalue weighted by atomic mass is 127. The van der Waals surface area contributed by atoms with Crippen molar-refractivity contribution in [2.45, 2.75) is 26.3 Å². The zero-order valence-corrected chi connectivity index (χ0v) is 12.4. The highest BCUT2D eigenvalue weighted by Crippen LogP contribution is 2.14. The predicted octanol–water partition coefficient (Wildman–Crippen LogP) is 2.46. The van der Waals surface area contributed by atoms with Crippen molar-refractivity contribution in [1.29, 1.82) is 0 Å². The molecule has 0 heterocycles. The Hall–Kier alpha value is -0.780. The fourth-order valence-electron chi connectivity index (χ4n) is 1.29. The van der Waals surface area contributed by atoms with Gasteiger partial charge in [0.15, 0.2) is 5.96 Å². The maximum atomic E-state index is 5.54. The summed E-state index contributed by atoms with van der Waals surface area (Å²) in [4.78, 5) is 3.83. The monoisotopic (exact) mass is 333 g/mol. The van der Waals surface area contributed by atoms with Crippen LogP contribution in [-0.4, -0.2) is 13.0 Å².